The van der Waals surface area contributed by atoms with Gasteiger partial charge in [-0.3, -0.25) is 0 Å². The van der Waals surface area contributed by atoms with Crippen LogP contribution < -0.4 is 9.04 Å². The Hall–Kier alpha value is -2.93. The van der Waals surface area contributed by atoms with Crippen LogP contribution in [0.4, 0.5) is 5.69 Å². The van der Waals surface area contributed by atoms with E-state index >= 15 is 0 Å². The molecule has 6 rings (SSSR count). The van der Waals surface area contributed by atoms with Crippen LogP contribution in [0, 0.1) is 0 Å². The van der Waals surface area contributed by atoms with E-state index in [1.165, 1.54) is 32.4 Å². The number of hydrogen-bond donors (Lipinski definition) is 1. The zero-order chi connectivity index (χ0) is 27.0. The van der Waals surface area contributed by atoms with Crippen molar-refractivity contribution in [3.05, 3.63) is 90.0 Å². The molecule has 0 fully saturated rings. The average Bonchev–Trinajstić information content (AvgIpc) is 3.63. The Bertz CT molecular complexity index is 1460. The van der Waals surface area contributed by atoms with Crippen molar-refractivity contribution in [2.45, 2.75) is 49.3 Å². The van der Waals surface area contributed by atoms with Gasteiger partial charge in [0, 0.05) is 30.4 Å². The molecule has 0 saturated carbocycles. The molecule has 5 nitrogen and oxygen atoms in total. The average molecular weight is 545 g/mol. The minimum absolute atomic E-state index is 0.226. The second kappa shape index (κ2) is 10.6. The van der Waals surface area contributed by atoms with E-state index < -0.39 is 10.4 Å². The molecule has 0 bridgehead atoms. The molecule has 0 radical (unpaired) electrons. The summed E-state index contributed by atoms with van der Waals surface area (Å²) >= 11 is 0. The molecule has 3 aromatic rings. The first-order chi connectivity index (χ1) is 18.9. The zero-order valence-electron chi connectivity index (χ0n) is 23.0. The third-order valence-corrected chi connectivity index (χ3v) is 10.8. The molecule has 1 N–H and O–H groups in total. The monoisotopic (exact) mass is 544 g/mol. The lowest BCUT2D eigenvalue weighted by Crippen LogP contribution is -2.46. The lowest BCUT2D eigenvalue weighted by Gasteiger charge is -2.34. The van der Waals surface area contributed by atoms with Gasteiger partial charge in [0.05, 0.1) is 45.5 Å². The molecular weight excluding hydrogens is 504 g/mol. The van der Waals surface area contributed by atoms with Crippen molar-refractivity contribution < 1.29 is 18.0 Å². The summed E-state index contributed by atoms with van der Waals surface area (Å²) in [5.41, 5.74) is 5.28. The Morgan fingerprint density at radius 3 is 2.59 bits per heavy atom. The topological polar surface area (TPSA) is 49.8 Å². The van der Waals surface area contributed by atoms with Gasteiger partial charge in [0.15, 0.2) is 0 Å². The van der Waals surface area contributed by atoms with Gasteiger partial charge in [-0.15, -0.1) is 6.58 Å². The quantitative estimate of drug-likeness (QED) is 0.126. The maximum Gasteiger partial charge on any atom is 0.348 e. The van der Waals surface area contributed by atoms with Gasteiger partial charge in [-0.05, 0) is 71.0 Å². The van der Waals surface area contributed by atoms with E-state index in [0.29, 0.717) is 18.0 Å². The molecule has 39 heavy (non-hydrogen) atoms. The fraction of sp³-hybridized carbons (Fsp3) is 0.394. The first kappa shape index (κ1) is 26.3. The van der Waals surface area contributed by atoms with Crippen molar-refractivity contribution in [1.29, 1.82) is 0 Å². The summed E-state index contributed by atoms with van der Waals surface area (Å²) in [5.74, 6) is 1.09. The van der Waals surface area contributed by atoms with Gasteiger partial charge < -0.3 is 9.22 Å². The number of nitrogens with zero attached hydrogens (tertiary/aromatic N) is 2. The molecule has 6 heteroatoms. The first-order valence-corrected chi connectivity index (χ1v) is 15.8. The van der Waals surface area contributed by atoms with Gasteiger partial charge in [-0.2, -0.15) is 8.86 Å². The Labute approximate surface area is 233 Å². The van der Waals surface area contributed by atoms with Gasteiger partial charge in [0.2, 0.25) is 4.90 Å². The SMILES string of the molecule is C=CCC1COc2ccc(N(CCCC[N+]3(C)CCC4=C(CC3)C4)[S+](=O)(O)c3ccc4ccccc4c3)cc21. The number of rotatable bonds is 10. The van der Waals surface area contributed by atoms with Crippen molar-refractivity contribution in [1.82, 2.24) is 0 Å². The Morgan fingerprint density at radius 1 is 1.05 bits per heavy atom. The maximum absolute atomic E-state index is 14.3. The van der Waals surface area contributed by atoms with E-state index in [1.807, 2.05) is 54.6 Å². The van der Waals surface area contributed by atoms with Crippen LogP contribution in [0.2, 0.25) is 0 Å². The van der Waals surface area contributed by atoms with E-state index in [4.69, 9.17) is 4.74 Å². The van der Waals surface area contributed by atoms with Gasteiger partial charge in [0.25, 0.3) is 0 Å². The fourth-order valence-electron chi connectivity index (χ4n) is 6.31. The summed E-state index contributed by atoms with van der Waals surface area (Å²) in [6.07, 6.45) is 8.40. The zero-order valence-corrected chi connectivity index (χ0v) is 23.8. The van der Waals surface area contributed by atoms with Crippen LogP contribution in [-0.4, -0.2) is 48.9 Å². The van der Waals surface area contributed by atoms with Gasteiger partial charge in [-0.25, -0.2) is 0 Å². The third-order valence-electron chi connectivity index (χ3n) is 8.96. The van der Waals surface area contributed by atoms with Crippen LogP contribution in [0.1, 0.15) is 50.0 Å². The first-order valence-electron chi connectivity index (χ1n) is 14.3. The molecule has 2 unspecified atom stereocenters. The number of unbranched alkanes of at least 4 members (excludes halogenated alkanes) is 1. The van der Waals surface area contributed by atoms with Crippen molar-refractivity contribution in [3.8, 4) is 5.75 Å². The predicted octanol–water partition coefficient (Wildman–Crippen LogP) is 7.37. The number of anilines is 1. The predicted molar refractivity (Wildman–Crippen MR) is 161 cm³/mol. The highest BCUT2D eigenvalue weighted by molar-refractivity contribution is 7.99. The number of fused-ring (bicyclic) bond motifs is 2. The number of ether oxygens (including phenoxy) is 1. The number of quaternary nitrogens is 1. The molecule has 3 aromatic carbocycles. The van der Waals surface area contributed by atoms with E-state index in [9.17, 15) is 8.76 Å². The Balaban J connectivity index is 1.25. The fourth-order valence-corrected chi connectivity index (χ4v) is 7.87. The van der Waals surface area contributed by atoms with Crippen molar-refractivity contribution in [2.75, 3.05) is 44.1 Å². The molecule has 0 spiro atoms. The van der Waals surface area contributed by atoms with Crippen molar-refractivity contribution in [2.24, 2.45) is 0 Å². The molecule has 204 valence electrons. The smallest absolute Gasteiger partial charge is 0.348 e. The standard InChI is InChI=1S/C33H39N2O3S/c1-3-8-29-24-38-33-14-12-30(23-32(29)33)34(17-6-7-18-35(2)19-15-27-21-28(27)16-20-35)39(36,37)31-13-11-25-9-4-5-10-26(25)22-31/h3-5,9-14,22-23,29H,1,6-8,15-21,24H2,2H3/q+1/p+1. The van der Waals surface area contributed by atoms with Gasteiger partial charge in [-0.1, -0.05) is 41.5 Å². The lowest BCUT2D eigenvalue weighted by atomic mass is 9.97. The highest BCUT2D eigenvalue weighted by Gasteiger charge is 2.40. The van der Waals surface area contributed by atoms with Crippen LogP contribution in [0.15, 0.2) is 89.4 Å². The van der Waals surface area contributed by atoms with E-state index in [0.717, 1.165) is 58.1 Å². The summed E-state index contributed by atoms with van der Waals surface area (Å²) in [6, 6.07) is 19.6. The Morgan fingerprint density at radius 2 is 1.82 bits per heavy atom. The Kier molecular flexibility index (Phi) is 7.13. The summed E-state index contributed by atoms with van der Waals surface area (Å²) in [6.45, 7) is 8.59. The second-order valence-corrected chi connectivity index (χ2v) is 13.6. The summed E-state index contributed by atoms with van der Waals surface area (Å²) < 4.78 is 34.8. The normalized spacial score (nSPS) is 20.9. The molecule has 2 heterocycles. The molecule has 3 aliphatic rings. The highest BCUT2D eigenvalue weighted by atomic mass is 32.3. The van der Waals surface area contributed by atoms with Crippen LogP contribution in [-0.2, 0) is 14.6 Å². The van der Waals surface area contributed by atoms with Crippen LogP contribution >= 0.6 is 0 Å². The number of likely N-dealkylation sites (tertiary alicyclic amines) is 1. The molecule has 0 saturated heterocycles. The highest BCUT2D eigenvalue weighted by Crippen LogP contribution is 2.41. The van der Waals surface area contributed by atoms with Gasteiger partial charge in [0.1, 0.15) is 5.75 Å². The lowest BCUT2D eigenvalue weighted by molar-refractivity contribution is -0.908. The van der Waals surface area contributed by atoms with Gasteiger partial charge >= 0.3 is 10.4 Å². The molecule has 2 aliphatic heterocycles. The largest absolute Gasteiger partial charge is 0.493 e. The maximum atomic E-state index is 14.3. The molecule has 2 atom stereocenters. The number of hydrogen-bond acceptors (Lipinski definition) is 2. The van der Waals surface area contributed by atoms with Crippen molar-refractivity contribution >= 4 is 26.9 Å². The minimum atomic E-state index is -3.51. The van der Waals surface area contributed by atoms with Crippen LogP contribution in [0.25, 0.3) is 10.8 Å². The van der Waals surface area contributed by atoms with Crippen LogP contribution in [0.5, 0.6) is 5.75 Å². The summed E-state index contributed by atoms with van der Waals surface area (Å²) in [5, 5.41) is 2.03. The summed E-state index contributed by atoms with van der Waals surface area (Å²) in [7, 11) is -1.13. The molecular formula is C33H40N2O3S+2. The summed E-state index contributed by atoms with van der Waals surface area (Å²) in [4.78, 5) is 0.445. The van der Waals surface area contributed by atoms with E-state index in [2.05, 4.69) is 19.7 Å². The molecule has 1 aliphatic carbocycles. The minimum Gasteiger partial charge on any atom is -0.493 e. The third kappa shape index (κ3) is 5.43. The van der Waals surface area contributed by atoms with Crippen molar-refractivity contribution in [3.63, 3.8) is 0 Å². The number of benzene rings is 3. The van der Waals surface area contributed by atoms with E-state index in [-0.39, 0.29) is 5.92 Å². The molecule has 0 amide bonds. The van der Waals surface area contributed by atoms with E-state index in [1.54, 1.807) is 21.5 Å². The number of allylic oxidation sites excluding steroid dienone is 1. The molecule has 0 aromatic heterocycles. The van der Waals surface area contributed by atoms with Crippen LogP contribution in [0.3, 0.4) is 0 Å². The second-order valence-electron chi connectivity index (χ2n) is 11.7.